The van der Waals surface area contributed by atoms with Crippen molar-refractivity contribution in [1.82, 2.24) is 30.3 Å². The highest BCUT2D eigenvalue weighted by Gasteiger charge is 2.29. The molecule has 0 bridgehead atoms. The molecule has 0 aromatic carbocycles. The van der Waals surface area contributed by atoms with Crippen molar-refractivity contribution in [3.63, 3.8) is 0 Å². The first-order valence-corrected chi connectivity index (χ1v) is 10.4. The molecule has 28 heavy (non-hydrogen) atoms. The number of morpholine rings is 1. The van der Waals surface area contributed by atoms with E-state index in [2.05, 4.69) is 32.7 Å². The molecule has 2 fully saturated rings. The second-order valence-corrected chi connectivity index (χ2v) is 7.88. The monoisotopic (exact) mass is 393 g/mol. The fourth-order valence-corrected chi connectivity index (χ4v) is 3.49. The van der Waals surface area contributed by atoms with E-state index in [0.717, 1.165) is 89.4 Å². The maximum absolute atomic E-state index is 5.89. The Balaban J connectivity index is 1.50. The minimum Gasteiger partial charge on any atom is -0.379 e. The summed E-state index contributed by atoms with van der Waals surface area (Å²) in [6.45, 7) is 11.9. The normalized spacial score (nSPS) is 23.9. The molecule has 3 heterocycles. The number of rotatable bonds is 8. The standard InChI is InChI=1S/C19H35N7O2/c1-16-23-24-17(25(16)3)14-21-18(22-15-19(2)6-4-11-28-19)20-7-5-8-26-9-12-27-13-10-26/h4-15H2,1-3H3,(H2,20,21,22). The Morgan fingerprint density at radius 3 is 2.71 bits per heavy atom. The average Bonchev–Trinajstić information content (AvgIpc) is 3.28. The van der Waals surface area contributed by atoms with Crippen LogP contribution in [0.2, 0.25) is 0 Å². The van der Waals surface area contributed by atoms with Crippen LogP contribution in [-0.2, 0) is 23.1 Å². The lowest BCUT2D eigenvalue weighted by atomic mass is 10.0. The van der Waals surface area contributed by atoms with E-state index in [9.17, 15) is 0 Å². The van der Waals surface area contributed by atoms with Gasteiger partial charge in [-0.1, -0.05) is 0 Å². The van der Waals surface area contributed by atoms with Crippen LogP contribution in [0.15, 0.2) is 4.99 Å². The lowest BCUT2D eigenvalue weighted by molar-refractivity contribution is 0.0242. The summed E-state index contributed by atoms with van der Waals surface area (Å²) in [5, 5.41) is 15.2. The van der Waals surface area contributed by atoms with Crippen LogP contribution in [0.1, 0.15) is 37.8 Å². The summed E-state index contributed by atoms with van der Waals surface area (Å²) in [6, 6.07) is 0. The van der Waals surface area contributed by atoms with Crippen molar-refractivity contribution in [1.29, 1.82) is 0 Å². The molecule has 0 spiro atoms. The molecule has 2 saturated heterocycles. The lowest BCUT2D eigenvalue weighted by Gasteiger charge is -2.27. The first kappa shape index (κ1) is 21.0. The third-order valence-electron chi connectivity index (χ3n) is 5.54. The number of nitrogens with zero attached hydrogens (tertiary/aromatic N) is 5. The SMILES string of the molecule is Cc1nnc(CN=C(NCCCN2CCOCC2)NCC2(C)CCCO2)n1C. The van der Waals surface area contributed by atoms with Gasteiger partial charge in [0.25, 0.3) is 0 Å². The van der Waals surface area contributed by atoms with Crippen molar-refractivity contribution in [2.75, 3.05) is 52.5 Å². The van der Waals surface area contributed by atoms with E-state index in [0.29, 0.717) is 6.54 Å². The summed E-state index contributed by atoms with van der Waals surface area (Å²) in [4.78, 5) is 7.18. The highest BCUT2D eigenvalue weighted by molar-refractivity contribution is 5.79. The van der Waals surface area contributed by atoms with Gasteiger partial charge >= 0.3 is 0 Å². The summed E-state index contributed by atoms with van der Waals surface area (Å²) >= 11 is 0. The Bertz CT molecular complexity index is 634. The van der Waals surface area contributed by atoms with Crippen LogP contribution >= 0.6 is 0 Å². The van der Waals surface area contributed by atoms with E-state index in [1.54, 1.807) is 0 Å². The fourth-order valence-electron chi connectivity index (χ4n) is 3.49. The summed E-state index contributed by atoms with van der Waals surface area (Å²) < 4.78 is 13.3. The van der Waals surface area contributed by atoms with Crippen LogP contribution in [0, 0.1) is 6.92 Å². The fraction of sp³-hybridized carbons (Fsp3) is 0.842. The van der Waals surface area contributed by atoms with Crippen molar-refractivity contribution in [2.45, 2.75) is 45.3 Å². The second-order valence-electron chi connectivity index (χ2n) is 7.88. The minimum absolute atomic E-state index is 0.113. The van der Waals surface area contributed by atoms with Crippen molar-refractivity contribution in [3.05, 3.63) is 11.6 Å². The van der Waals surface area contributed by atoms with Crippen molar-refractivity contribution >= 4 is 5.96 Å². The largest absolute Gasteiger partial charge is 0.379 e. The Morgan fingerprint density at radius 1 is 1.21 bits per heavy atom. The average molecular weight is 394 g/mol. The third-order valence-corrected chi connectivity index (χ3v) is 5.54. The van der Waals surface area contributed by atoms with Crippen molar-refractivity contribution < 1.29 is 9.47 Å². The van der Waals surface area contributed by atoms with E-state index in [1.807, 2.05) is 18.5 Å². The summed E-state index contributed by atoms with van der Waals surface area (Å²) in [7, 11) is 1.97. The summed E-state index contributed by atoms with van der Waals surface area (Å²) in [6.07, 6.45) is 3.26. The quantitative estimate of drug-likeness (QED) is 0.377. The Hall–Kier alpha value is -1.71. The molecule has 1 atom stereocenters. The van der Waals surface area contributed by atoms with Gasteiger partial charge in [-0.2, -0.15) is 0 Å². The molecule has 0 saturated carbocycles. The second kappa shape index (κ2) is 10.2. The molecule has 0 amide bonds. The van der Waals surface area contributed by atoms with E-state index in [-0.39, 0.29) is 5.60 Å². The van der Waals surface area contributed by atoms with Crippen LogP contribution in [-0.4, -0.2) is 83.8 Å². The van der Waals surface area contributed by atoms with E-state index < -0.39 is 0 Å². The number of aliphatic imine (C=N–C) groups is 1. The Labute approximate surface area is 167 Å². The molecule has 1 aromatic rings. The maximum Gasteiger partial charge on any atom is 0.191 e. The molecular weight excluding hydrogens is 358 g/mol. The molecule has 0 aliphatic carbocycles. The molecule has 2 N–H and O–H groups in total. The predicted octanol–water partition coefficient (Wildman–Crippen LogP) is 0.450. The molecule has 9 nitrogen and oxygen atoms in total. The van der Waals surface area contributed by atoms with Gasteiger partial charge in [-0.05, 0) is 39.7 Å². The zero-order chi connectivity index (χ0) is 19.8. The zero-order valence-electron chi connectivity index (χ0n) is 17.5. The highest BCUT2D eigenvalue weighted by Crippen LogP contribution is 2.23. The molecular formula is C19H35N7O2. The van der Waals surface area contributed by atoms with E-state index >= 15 is 0 Å². The molecule has 1 unspecified atom stereocenters. The van der Waals surface area contributed by atoms with Gasteiger partial charge in [0, 0.05) is 39.8 Å². The predicted molar refractivity (Wildman–Crippen MR) is 108 cm³/mol. The Morgan fingerprint density at radius 2 is 2.04 bits per heavy atom. The van der Waals surface area contributed by atoms with E-state index in [4.69, 9.17) is 14.5 Å². The molecule has 9 heteroatoms. The molecule has 1 aromatic heterocycles. The molecule has 158 valence electrons. The summed E-state index contributed by atoms with van der Waals surface area (Å²) in [5.41, 5.74) is -0.113. The molecule has 2 aliphatic rings. The van der Waals surface area contributed by atoms with Crippen LogP contribution in [0.5, 0.6) is 0 Å². The first-order chi connectivity index (χ1) is 13.6. The topological polar surface area (TPSA) is 88.8 Å². The smallest absolute Gasteiger partial charge is 0.191 e. The van der Waals surface area contributed by atoms with Gasteiger partial charge in [0.1, 0.15) is 12.4 Å². The van der Waals surface area contributed by atoms with Gasteiger partial charge < -0.3 is 24.7 Å². The maximum atomic E-state index is 5.89. The van der Waals surface area contributed by atoms with Crippen LogP contribution < -0.4 is 10.6 Å². The highest BCUT2D eigenvalue weighted by atomic mass is 16.5. The van der Waals surface area contributed by atoms with Gasteiger partial charge in [-0.25, -0.2) is 4.99 Å². The van der Waals surface area contributed by atoms with Crippen LogP contribution in [0.25, 0.3) is 0 Å². The first-order valence-electron chi connectivity index (χ1n) is 10.4. The van der Waals surface area contributed by atoms with Crippen LogP contribution in [0.3, 0.4) is 0 Å². The van der Waals surface area contributed by atoms with Gasteiger partial charge in [-0.15, -0.1) is 10.2 Å². The zero-order valence-corrected chi connectivity index (χ0v) is 17.5. The number of nitrogens with one attached hydrogen (secondary N) is 2. The molecule has 2 aliphatic heterocycles. The third kappa shape index (κ3) is 6.15. The number of hydrogen-bond donors (Lipinski definition) is 2. The number of guanidine groups is 1. The van der Waals surface area contributed by atoms with Gasteiger partial charge in [0.2, 0.25) is 0 Å². The van der Waals surface area contributed by atoms with Crippen LogP contribution in [0.4, 0.5) is 0 Å². The number of aryl methyl sites for hydroxylation is 1. The van der Waals surface area contributed by atoms with E-state index in [1.165, 1.54) is 0 Å². The number of ether oxygens (including phenoxy) is 2. The number of hydrogen-bond acceptors (Lipinski definition) is 6. The van der Waals surface area contributed by atoms with Gasteiger partial charge in [0.05, 0.1) is 18.8 Å². The Kier molecular flexibility index (Phi) is 7.64. The van der Waals surface area contributed by atoms with Crippen molar-refractivity contribution in [2.24, 2.45) is 12.0 Å². The van der Waals surface area contributed by atoms with Gasteiger partial charge in [0.15, 0.2) is 11.8 Å². The van der Waals surface area contributed by atoms with Gasteiger partial charge in [-0.3, -0.25) is 4.90 Å². The number of aromatic nitrogens is 3. The minimum atomic E-state index is -0.113. The lowest BCUT2D eigenvalue weighted by Crippen LogP contribution is -2.46. The molecule has 0 radical (unpaired) electrons. The summed E-state index contributed by atoms with van der Waals surface area (Å²) in [5.74, 6) is 2.56. The van der Waals surface area contributed by atoms with Crippen molar-refractivity contribution in [3.8, 4) is 0 Å². The molecule has 3 rings (SSSR count).